The van der Waals surface area contributed by atoms with Crippen LogP contribution in [0.4, 0.5) is 0 Å². The van der Waals surface area contributed by atoms with Gasteiger partial charge in [0.25, 0.3) is 0 Å². The number of fused-ring (bicyclic) bond motifs is 8. The molecule has 10 nitrogen and oxygen atoms in total. The number of aromatic nitrogens is 4. The number of aromatic amines is 2. The summed E-state index contributed by atoms with van der Waals surface area (Å²) in [4.78, 5) is 42.1. The average molecular weight is 671 g/mol. The molecule has 0 saturated carbocycles. The number of carbonyl (C=O) groups excluding carboxylic acids is 2. The molecule has 5 rings (SSSR count). The first-order chi connectivity index (χ1) is 24.0. The number of esters is 2. The summed E-state index contributed by atoms with van der Waals surface area (Å²) in [5.41, 5.74) is 14.8. The maximum Gasteiger partial charge on any atom is 0.305 e. The molecule has 0 aliphatic carbocycles. The van der Waals surface area contributed by atoms with Gasteiger partial charge in [-0.1, -0.05) is 13.8 Å². The molecule has 0 amide bonds. The Bertz CT molecular complexity index is 2250. The van der Waals surface area contributed by atoms with E-state index in [1.165, 1.54) is 14.2 Å². The molecule has 3 aromatic heterocycles. The van der Waals surface area contributed by atoms with Crippen LogP contribution in [0.25, 0.3) is 50.4 Å². The van der Waals surface area contributed by atoms with Gasteiger partial charge in [0.05, 0.1) is 42.5 Å². The van der Waals surface area contributed by atoms with E-state index in [9.17, 15) is 20.1 Å². The van der Waals surface area contributed by atoms with Crippen molar-refractivity contribution in [1.82, 2.24) is 19.9 Å². The van der Waals surface area contributed by atoms with Gasteiger partial charge >= 0.3 is 11.9 Å². The molecule has 0 spiro atoms. The number of nitrogens with zero attached hydrogens (tertiary/aromatic N) is 4. The number of nitriles is 2. The Kier molecular flexibility index (Phi) is 10.5. The molecule has 5 heterocycles. The normalized spacial score (nSPS) is 12.4. The Balaban J connectivity index is 2.01. The summed E-state index contributed by atoms with van der Waals surface area (Å²) in [6, 6.07) is 10.1. The van der Waals surface area contributed by atoms with Gasteiger partial charge in [-0.25, -0.2) is 9.97 Å². The minimum absolute atomic E-state index is 0.0238. The van der Waals surface area contributed by atoms with Crippen LogP contribution in [-0.4, -0.2) is 46.1 Å². The minimum Gasteiger partial charge on any atom is -0.469 e. The van der Waals surface area contributed by atoms with Crippen LogP contribution in [0.15, 0.2) is 23.8 Å². The van der Waals surface area contributed by atoms with Gasteiger partial charge in [-0.2, -0.15) is 10.5 Å². The lowest BCUT2D eigenvalue weighted by Crippen LogP contribution is -2.02. The Morgan fingerprint density at radius 2 is 1.32 bits per heavy atom. The smallest absolute Gasteiger partial charge is 0.305 e. The molecule has 0 saturated heterocycles. The van der Waals surface area contributed by atoms with Crippen LogP contribution in [0.1, 0.15) is 104 Å². The molecule has 10 heteroatoms. The highest BCUT2D eigenvalue weighted by Crippen LogP contribution is 2.39. The van der Waals surface area contributed by atoms with Crippen molar-refractivity contribution in [3.05, 3.63) is 74.4 Å². The average Bonchev–Trinajstić information content (AvgIpc) is 3.79. The quantitative estimate of drug-likeness (QED) is 0.170. The van der Waals surface area contributed by atoms with Crippen LogP contribution in [0.5, 0.6) is 0 Å². The van der Waals surface area contributed by atoms with Crippen molar-refractivity contribution >= 4 is 62.4 Å². The molecule has 50 heavy (non-hydrogen) atoms. The van der Waals surface area contributed by atoms with E-state index in [2.05, 4.69) is 30.7 Å². The maximum absolute atomic E-state index is 12.3. The van der Waals surface area contributed by atoms with Gasteiger partial charge in [-0.3, -0.25) is 9.59 Å². The van der Waals surface area contributed by atoms with Crippen molar-refractivity contribution in [2.45, 2.75) is 80.1 Å². The Hall–Kier alpha value is -5.74. The number of hydrogen-bond donors (Lipinski definition) is 2. The molecule has 256 valence electrons. The maximum atomic E-state index is 12.3. The van der Waals surface area contributed by atoms with Crippen molar-refractivity contribution < 1.29 is 19.1 Å². The van der Waals surface area contributed by atoms with Crippen molar-refractivity contribution in [1.29, 1.82) is 10.5 Å². The predicted molar refractivity (Wildman–Crippen MR) is 196 cm³/mol. The Morgan fingerprint density at radius 3 is 1.94 bits per heavy atom. The fraction of sp³-hybridized carbons (Fsp3) is 0.350. The largest absolute Gasteiger partial charge is 0.469 e. The fourth-order valence-electron chi connectivity index (χ4n) is 6.94. The van der Waals surface area contributed by atoms with E-state index in [-0.39, 0.29) is 30.4 Å². The predicted octanol–water partition coefficient (Wildman–Crippen LogP) is 8.25. The van der Waals surface area contributed by atoms with E-state index in [4.69, 9.17) is 19.4 Å². The first-order valence-corrected chi connectivity index (χ1v) is 16.8. The van der Waals surface area contributed by atoms with Gasteiger partial charge in [-0.15, -0.1) is 0 Å². The van der Waals surface area contributed by atoms with E-state index in [1.54, 1.807) is 6.08 Å². The van der Waals surface area contributed by atoms with Gasteiger partial charge in [-0.05, 0) is 122 Å². The number of H-pyrrole nitrogens is 2. The van der Waals surface area contributed by atoms with Crippen LogP contribution >= 0.6 is 0 Å². The monoisotopic (exact) mass is 670 g/mol. The third-order valence-corrected chi connectivity index (χ3v) is 9.82. The third-order valence-electron chi connectivity index (χ3n) is 9.82. The van der Waals surface area contributed by atoms with E-state index < -0.39 is 0 Å². The highest BCUT2D eigenvalue weighted by atomic mass is 16.5. The molecular weight excluding hydrogens is 628 g/mol. The summed E-state index contributed by atoms with van der Waals surface area (Å²) < 4.78 is 9.94. The number of allylic oxidation sites excluding steroid dienone is 5. The molecule has 2 N–H and O–H groups in total. The van der Waals surface area contributed by atoms with Gasteiger partial charge in [0.1, 0.15) is 17.7 Å². The fourth-order valence-corrected chi connectivity index (χ4v) is 6.94. The molecular formula is C40H42N6O4. The molecule has 3 aromatic rings. The highest BCUT2D eigenvalue weighted by molar-refractivity contribution is 5.98. The Labute approximate surface area is 292 Å². The lowest BCUT2D eigenvalue weighted by molar-refractivity contribution is -0.141. The summed E-state index contributed by atoms with van der Waals surface area (Å²) >= 11 is 0. The molecule has 0 unspecified atom stereocenters. The number of aryl methyl sites for hydroxylation is 4. The van der Waals surface area contributed by atoms with Gasteiger partial charge in [0.2, 0.25) is 0 Å². The van der Waals surface area contributed by atoms with Crippen LogP contribution in [0, 0.1) is 36.5 Å². The summed E-state index contributed by atoms with van der Waals surface area (Å²) in [5, 5.41) is 19.7. The number of carbonyl (C=O) groups is 2. The second-order valence-electron chi connectivity index (χ2n) is 12.5. The number of rotatable bonds is 9. The van der Waals surface area contributed by atoms with E-state index in [0.717, 1.165) is 83.7 Å². The van der Waals surface area contributed by atoms with Crippen molar-refractivity contribution in [3.63, 3.8) is 0 Å². The van der Waals surface area contributed by atoms with Crippen molar-refractivity contribution in [2.24, 2.45) is 0 Å². The molecule has 0 radical (unpaired) electrons. The number of hydrogen-bond acceptors (Lipinski definition) is 8. The van der Waals surface area contributed by atoms with Crippen LogP contribution in [0.3, 0.4) is 0 Å². The number of ether oxygens (including phenoxy) is 2. The zero-order chi connectivity index (χ0) is 36.3. The first kappa shape index (κ1) is 35.6. The second kappa shape index (κ2) is 14.8. The van der Waals surface area contributed by atoms with Crippen LogP contribution < -0.4 is 0 Å². The first-order valence-electron chi connectivity index (χ1n) is 16.8. The summed E-state index contributed by atoms with van der Waals surface area (Å²) in [6.07, 6.45) is 4.32. The number of nitrogens with one attached hydrogen (secondary N) is 2. The summed E-state index contributed by atoms with van der Waals surface area (Å²) in [5.74, 6) is -0.611. The molecule has 0 atom stereocenters. The molecule has 2 aliphatic rings. The minimum atomic E-state index is -0.307. The molecule has 2 aliphatic heterocycles. The zero-order valence-electron chi connectivity index (χ0n) is 30.0. The van der Waals surface area contributed by atoms with Crippen molar-refractivity contribution in [3.8, 4) is 12.1 Å². The van der Waals surface area contributed by atoms with Gasteiger partial charge in [0.15, 0.2) is 0 Å². The molecule has 0 aromatic carbocycles. The topological polar surface area (TPSA) is 158 Å². The lowest BCUT2D eigenvalue weighted by atomic mass is 9.98. The number of methoxy groups -OCH3 is 2. The SMILES string of the molecule is CCC1=C(C)c2nc1cc1[nH]c(cc3nc(cc4[nH]c(c2C=C(C#N)C#N)c(CC)c4C)C(C)=C3CCC(=O)OC)c(CCC(=O)OC)c1C. The Morgan fingerprint density at radius 1 is 0.740 bits per heavy atom. The molecule has 0 fully saturated rings. The van der Waals surface area contributed by atoms with E-state index >= 15 is 0 Å². The second-order valence-corrected chi connectivity index (χ2v) is 12.5. The van der Waals surface area contributed by atoms with E-state index in [1.807, 2.05) is 51.1 Å². The highest BCUT2D eigenvalue weighted by Gasteiger charge is 2.23. The van der Waals surface area contributed by atoms with Crippen LogP contribution in [0.2, 0.25) is 0 Å². The van der Waals surface area contributed by atoms with E-state index in [0.29, 0.717) is 36.9 Å². The van der Waals surface area contributed by atoms with Crippen LogP contribution in [-0.2, 0) is 31.9 Å². The van der Waals surface area contributed by atoms with Crippen molar-refractivity contribution in [2.75, 3.05) is 14.2 Å². The lowest BCUT2D eigenvalue weighted by Gasteiger charge is -2.04. The summed E-state index contributed by atoms with van der Waals surface area (Å²) in [7, 11) is 2.77. The zero-order valence-corrected chi connectivity index (χ0v) is 30.0. The van der Waals surface area contributed by atoms with Gasteiger partial charge in [0, 0.05) is 35.0 Å². The third kappa shape index (κ3) is 6.62. The molecule has 8 bridgehead atoms. The summed E-state index contributed by atoms with van der Waals surface area (Å²) in [6.45, 7) is 12.3. The van der Waals surface area contributed by atoms with Gasteiger partial charge < -0.3 is 19.4 Å². The standard InChI is InChI=1S/C40H42N6O4/c1-9-26-24(6)39-30(15-25(19-41)20-42)40-27(10-2)21(3)33(45-40)16-31-22(4)28(11-13-37(47)49-7)35(43-31)18-36-29(12-14-38(48)50-8)23(5)32(44-36)17-34(26)46-39/h15-18,44-45H,9-14H2,1-8H3.